The summed E-state index contributed by atoms with van der Waals surface area (Å²) in [6, 6.07) is 10.5. The second kappa shape index (κ2) is 4.67. The molecule has 0 fully saturated rings. The molecule has 0 aliphatic rings. The van der Waals surface area contributed by atoms with Crippen LogP contribution in [0, 0.1) is 0 Å². The number of carbonyl (C=O) groups is 1. The van der Waals surface area contributed by atoms with Crippen molar-refractivity contribution in [1.82, 2.24) is 0 Å². The van der Waals surface area contributed by atoms with Crippen molar-refractivity contribution in [3.63, 3.8) is 0 Å². The molecule has 1 aromatic heterocycles. The molecule has 0 bridgehead atoms. The second-order valence-corrected chi connectivity index (χ2v) is 4.94. The van der Waals surface area contributed by atoms with E-state index >= 15 is 0 Å². The van der Waals surface area contributed by atoms with Crippen molar-refractivity contribution in [1.29, 1.82) is 0 Å². The van der Waals surface area contributed by atoms with Gasteiger partial charge in [-0.2, -0.15) is 0 Å². The molecule has 0 unspecified atom stereocenters. The number of ether oxygens (including phenoxy) is 1. The number of hydrogen-bond donors (Lipinski definition) is 1. The largest absolute Gasteiger partial charge is 0.477 e. The summed E-state index contributed by atoms with van der Waals surface area (Å²) < 4.78 is 6.47. The number of halogens is 1. The Labute approximate surface area is 104 Å². The van der Waals surface area contributed by atoms with E-state index in [9.17, 15) is 4.79 Å². The normalized spacial score (nSPS) is 10.1. The van der Waals surface area contributed by atoms with E-state index in [1.165, 1.54) is 6.07 Å². The third-order valence-electron chi connectivity index (χ3n) is 1.82. The number of rotatable bonds is 3. The number of thiophene rings is 1. The summed E-state index contributed by atoms with van der Waals surface area (Å²) in [5.41, 5.74) is 0. The van der Waals surface area contributed by atoms with E-state index in [1.807, 2.05) is 24.3 Å². The first-order chi connectivity index (χ1) is 7.65. The number of aromatic carboxylic acids is 1. The highest BCUT2D eigenvalue weighted by Gasteiger charge is 2.07. The van der Waals surface area contributed by atoms with Crippen LogP contribution in [0.4, 0.5) is 0 Å². The Kier molecular flexibility index (Phi) is 3.26. The van der Waals surface area contributed by atoms with Crippen LogP contribution < -0.4 is 4.74 Å². The van der Waals surface area contributed by atoms with Crippen molar-refractivity contribution < 1.29 is 14.6 Å². The topological polar surface area (TPSA) is 46.5 Å². The SMILES string of the molecule is O=C(O)c1ccc(Oc2ccc(Br)cc2)s1. The monoisotopic (exact) mass is 298 g/mol. The van der Waals surface area contributed by atoms with Crippen LogP contribution in [0.3, 0.4) is 0 Å². The summed E-state index contributed by atoms with van der Waals surface area (Å²) in [4.78, 5) is 10.9. The maximum atomic E-state index is 10.7. The Morgan fingerprint density at radius 2 is 1.88 bits per heavy atom. The lowest BCUT2D eigenvalue weighted by atomic mass is 10.3. The molecule has 1 aromatic carbocycles. The van der Waals surface area contributed by atoms with Crippen LogP contribution in [0.15, 0.2) is 40.9 Å². The lowest BCUT2D eigenvalue weighted by Crippen LogP contribution is -1.89. The summed E-state index contributed by atoms with van der Waals surface area (Å²) in [5.74, 6) is -0.252. The van der Waals surface area contributed by atoms with E-state index < -0.39 is 5.97 Å². The van der Waals surface area contributed by atoms with Crippen molar-refractivity contribution in [3.05, 3.63) is 45.7 Å². The van der Waals surface area contributed by atoms with Gasteiger partial charge in [0.1, 0.15) is 10.6 Å². The molecule has 0 saturated carbocycles. The fourth-order valence-corrected chi connectivity index (χ4v) is 2.09. The van der Waals surface area contributed by atoms with Crippen LogP contribution in [-0.2, 0) is 0 Å². The van der Waals surface area contributed by atoms with Gasteiger partial charge in [-0.1, -0.05) is 27.3 Å². The summed E-state index contributed by atoms with van der Waals surface area (Å²) in [6.45, 7) is 0. The van der Waals surface area contributed by atoms with Gasteiger partial charge in [0, 0.05) is 4.47 Å². The average molecular weight is 299 g/mol. The standard InChI is InChI=1S/C11H7BrO3S/c12-7-1-3-8(4-2-7)15-10-6-5-9(16-10)11(13)14/h1-6H,(H,13,14). The Morgan fingerprint density at radius 1 is 1.19 bits per heavy atom. The van der Waals surface area contributed by atoms with E-state index in [0.717, 1.165) is 15.8 Å². The molecule has 82 valence electrons. The van der Waals surface area contributed by atoms with Gasteiger partial charge in [-0.25, -0.2) is 4.79 Å². The molecule has 0 aliphatic carbocycles. The molecule has 3 nitrogen and oxygen atoms in total. The van der Waals surface area contributed by atoms with Gasteiger partial charge in [0.25, 0.3) is 0 Å². The molecule has 2 aromatic rings. The van der Waals surface area contributed by atoms with E-state index in [4.69, 9.17) is 9.84 Å². The summed E-state index contributed by atoms with van der Waals surface area (Å²) in [6.07, 6.45) is 0. The van der Waals surface area contributed by atoms with Crippen LogP contribution in [0.5, 0.6) is 10.8 Å². The minimum Gasteiger partial charge on any atom is -0.477 e. The number of carboxylic acids is 1. The highest BCUT2D eigenvalue weighted by atomic mass is 79.9. The quantitative estimate of drug-likeness (QED) is 0.931. The van der Waals surface area contributed by atoms with Crippen molar-refractivity contribution in [3.8, 4) is 10.8 Å². The van der Waals surface area contributed by atoms with Crippen LogP contribution in [0.1, 0.15) is 9.67 Å². The Bertz CT molecular complexity index is 504. The summed E-state index contributed by atoms with van der Waals surface area (Å²) in [7, 11) is 0. The molecule has 0 atom stereocenters. The zero-order valence-electron chi connectivity index (χ0n) is 8.01. The van der Waals surface area contributed by atoms with Crippen molar-refractivity contribution in [2.24, 2.45) is 0 Å². The van der Waals surface area contributed by atoms with E-state index in [-0.39, 0.29) is 4.88 Å². The van der Waals surface area contributed by atoms with Crippen molar-refractivity contribution in [2.75, 3.05) is 0 Å². The molecule has 1 N–H and O–H groups in total. The molecule has 0 amide bonds. The number of hydrogen-bond acceptors (Lipinski definition) is 3. The maximum Gasteiger partial charge on any atom is 0.345 e. The fourth-order valence-electron chi connectivity index (χ4n) is 1.11. The Morgan fingerprint density at radius 3 is 2.44 bits per heavy atom. The van der Waals surface area contributed by atoms with Gasteiger partial charge >= 0.3 is 5.97 Å². The molecule has 1 heterocycles. The predicted molar refractivity (Wildman–Crippen MR) is 65.5 cm³/mol. The highest BCUT2D eigenvalue weighted by molar-refractivity contribution is 9.10. The first kappa shape index (κ1) is 11.2. The number of carboxylic acid groups (broad SMARTS) is 1. The van der Waals surface area contributed by atoms with Gasteiger partial charge < -0.3 is 9.84 Å². The highest BCUT2D eigenvalue weighted by Crippen LogP contribution is 2.29. The first-order valence-corrected chi connectivity index (χ1v) is 6.02. The maximum absolute atomic E-state index is 10.7. The molecular formula is C11H7BrO3S. The minimum absolute atomic E-state index is 0.270. The zero-order chi connectivity index (χ0) is 11.5. The molecule has 5 heteroatoms. The molecule has 0 saturated heterocycles. The van der Waals surface area contributed by atoms with E-state index in [0.29, 0.717) is 10.8 Å². The second-order valence-electron chi connectivity index (χ2n) is 2.98. The Hall–Kier alpha value is -1.33. The Balaban J connectivity index is 2.14. The summed E-state index contributed by atoms with van der Waals surface area (Å²) >= 11 is 4.43. The van der Waals surface area contributed by atoms with Gasteiger partial charge in [0.2, 0.25) is 0 Å². The lowest BCUT2D eigenvalue weighted by molar-refractivity contribution is 0.0702. The molecule has 16 heavy (non-hydrogen) atoms. The molecule has 0 aliphatic heterocycles. The van der Waals surface area contributed by atoms with Crippen LogP contribution in [0.25, 0.3) is 0 Å². The van der Waals surface area contributed by atoms with E-state index in [1.54, 1.807) is 6.07 Å². The van der Waals surface area contributed by atoms with Gasteiger partial charge in [0.05, 0.1) is 0 Å². The third kappa shape index (κ3) is 2.62. The van der Waals surface area contributed by atoms with Crippen molar-refractivity contribution in [2.45, 2.75) is 0 Å². The first-order valence-electron chi connectivity index (χ1n) is 4.42. The number of benzene rings is 1. The van der Waals surface area contributed by atoms with E-state index in [2.05, 4.69) is 15.9 Å². The third-order valence-corrected chi connectivity index (χ3v) is 3.30. The predicted octanol–water partition coefficient (Wildman–Crippen LogP) is 4.00. The molecule has 2 rings (SSSR count). The van der Waals surface area contributed by atoms with Crippen LogP contribution in [-0.4, -0.2) is 11.1 Å². The molecular weight excluding hydrogens is 292 g/mol. The minimum atomic E-state index is -0.935. The van der Waals surface area contributed by atoms with Crippen LogP contribution in [0.2, 0.25) is 0 Å². The van der Waals surface area contributed by atoms with Gasteiger partial charge in [0.15, 0.2) is 5.06 Å². The van der Waals surface area contributed by atoms with Gasteiger partial charge in [-0.05, 0) is 36.4 Å². The lowest BCUT2D eigenvalue weighted by Gasteiger charge is -2.01. The zero-order valence-corrected chi connectivity index (χ0v) is 10.4. The van der Waals surface area contributed by atoms with Crippen LogP contribution >= 0.6 is 27.3 Å². The molecule has 0 radical (unpaired) electrons. The average Bonchev–Trinajstić information content (AvgIpc) is 2.70. The molecule has 0 spiro atoms. The van der Waals surface area contributed by atoms with Crippen molar-refractivity contribution >= 4 is 33.2 Å². The van der Waals surface area contributed by atoms with Gasteiger partial charge in [-0.15, -0.1) is 0 Å². The smallest absolute Gasteiger partial charge is 0.345 e. The van der Waals surface area contributed by atoms with Gasteiger partial charge in [-0.3, -0.25) is 0 Å². The summed E-state index contributed by atoms with van der Waals surface area (Å²) in [5, 5.41) is 9.32. The fraction of sp³-hybridized carbons (Fsp3) is 0.